The lowest BCUT2D eigenvalue weighted by Gasteiger charge is -2.08. The molecule has 0 spiro atoms. The molecule has 0 atom stereocenters. The molecule has 0 aliphatic carbocycles. The van der Waals surface area contributed by atoms with Crippen molar-refractivity contribution in [2.75, 3.05) is 0 Å². The Kier molecular flexibility index (Phi) is 7.75. The predicted octanol–water partition coefficient (Wildman–Crippen LogP) is 8.18. The fraction of sp³-hybridized carbons (Fsp3) is 0.161. The van der Waals surface area contributed by atoms with Gasteiger partial charge in [-0.2, -0.15) is 0 Å². The molecule has 0 amide bonds. The molecule has 0 aliphatic rings. The molecule has 182 valence electrons. The van der Waals surface area contributed by atoms with Crippen LogP contribution in [-0.2, 0) is 19.3 Å². The number of hydrogen-bond acceptors (Lipinski definition) is 1. The summed E-state index contributed by atoms with van der Waals surface area (Å²) < 4.78 is 55.8. The Balaban J connectivity index is 1.44. The van der Waals surface area contributed by atoms with Crippen LogP contribution < -0.4 is 4.74 Å². The highest BCUT2D eigenvalue weighted by molar-refractivity contribution is 5.85. The van der Waals surface area contributed by atoms with Crippen LogP contribution in [0.2, 0.25) is 0 Å². The van der Waals surface area contributed by atoms with Crippen molar-refractivity contribution in [2.45, 2.75) is 32.0 Å². The number of benzene rings is 4. The first-order valence-electron chi connectivity index (χ1n) is 11.6. The molecule has 4 aromatic carbocycles. The van der Waals surface area contributed by atoms with Crippen molar-refractivity contribution in [2.24, 2.45) is 0 Å². The molecule has 0 N–H and O–H groups in total. The summed E-state index contributed by atoms with van der Waals surface area (Å²) in [6, 6.07) is 22.9. The minimum Gasteiger partial charge on any atom is -0.406 e. The average molecular weight is 489 g/mol. The summed E-state index contributed by atoms with van der Waals surface area (Å²) in [5, 5.41) is 1.27. The lowest BCUT2D eigenvalue weighted by molar-refractivity contribution is -0.274. The molecule has 5 heteroatoms. The highest BCUT2D eigenvalue weighted by Crippen LogP contribution is 2.24. The summed E-state index contributed by atoms with van der Waals surface area (Å²) in [6.07, 6.45) is 0.873. The normalized spacial score (nSPS) is 11.1. The zero-order valence-corrected chi connectivity index (χ0v) is 19.5. The molecule has 0 bridgehead atoms. The molecule has 1 nitrogen and oxygen atoms in total. The molecular weight excluding hydrogens is 464 g/mol. The van der Waals surface area contributed by atoms with Crippen molar-refractivity contribution in [3.05, 3.63) is 125 Å². The van der Waals surface area contributed by atoms with Crippen molar-refractivity contribution in [3.8, 4) is 17.6 Å². The third kappa shape index (κ3) is 6.76. The fourth-order valence-electron chi connectivity index (χ4n) is 3.90. The summed E-state index contributed by atoms with van der Waals surface area (Å²) in [7, 11) is 0. The summed E-state index contributed by atoms with van der Waals surface area (Å²) in [4.78, 5) is 0. The van der Waals surface area contributed by atoms with E-state index in [9.17, 15) is 13.2 Å². The van der Waals surface area contributed by atoms with Gasteiger partial charge in [0.2, 0.25) is 0 Å². The van der Waals surface area contributed by atoms with Gasteiger partial charge in [-0.05, 0) is 78.1 Å². The minimum absolute atomic E-state index is 0.224. The van der Waals surface area contributed by atoms with Gasteiger partial charge in [0.25, 0.3) is 0 Å². The Morgan fingerprint density at radius 3 is 2.06 bits per heavy atom. The van der Waals surface area contributed by atoms with E-state index in [1.165, 1.54) is 35.4 Å². The SMILES string of the molecule is C=CCCc1ccc(CCc2ccc3c(F)c(C#Cc4ccc(OC(F)(F)F)cc4)ccc3c2)cc1. The van der Waals surface area contributed by atoms with Crippen molar-refractivity contribution >= 4 is 10.8 Å². The lowest BCUT2D eigenvalue weighted by Crippen LogP contribution is -2.16. The molecule has 4 aromatic rings. The van der Waals surface area contributed by atoms with Crippen LogP contribution >= 0.6 is 0 Å². The molecule has 0 saturated heterocycles. The van der Waals surface area contributed by atoms with Crippen LogP contribution in [-0.4, -0.2) is 6.36 Å². The van der Waals surface area contributed by atoms with E-state index in [-0.39, 0.29) is 11.3 Å². The van der Waals surface area contributed by atoms with Gasteiger partial charge in [-0.3, -0.25) is 0 Å². The summed E-state index contributed by atoms with van der Waals surface area (Å²) in [5.41, 5.74) is 4.35. The third-order valence-corrected chi connectivity index (χ3v) is 5.81. The first kappa shape index (κ1) is 25.1. The molecule has 0 aliphatic heterocycles. The first-order chi connectivity index (χ1) is 17.3. The second kappa shape index (κ2) is 11.1. The number of fused-ring (bicyclic) bond motifs is 1. The Hall–Kier alpha value is -4.04. The van der Waals surface area contributed by atoms with Crippen molar-refractivity contribution in [1.29, 1.82) is 0 Å². The largest absolute Gasteiger partial charge is 0.573 e. The van der Waals surface area contributed by atoms with Gasteiger partial charge in [0.15, 0.2) is 0 Å². The molecule has 4 rings (SSSR count). The van der Waals surface area contributed by atoms with Gasteiger partial charge in [-0.1, -0.05) is 66.4 Å². The number of rotatable bonds is 7. The zero-order valence-electron chi connectivity index (χ0n) is 19.5. The van der Waals surface area contributed by atoms with Crippen molar-refractivity contribution < 1.29 is 22.3 Å². The van der Waals surface area contributed by atoms with Crippen LogP contribution in [0.15, 0.2) is 91.5 Å². The van der Waals surface area contributed by atoms with E-state index in [1.54, 1.807) is 12.1 Å². The van der Waals surface area contributed by atoms with Crippen molar-refractivity contribution in [3.63, 3.8) is 0 Å². The zero-order chi connectivity index (χ0) is 25.5. The van der Waals surface area contributed by atoms with Gasteiger partial charge in [0.05, 0.1) is 5.56 Å². The number of aryl methyl sites for hydroxylation is 3. The topological polar surface area (TPSA) is 9.23 Å². The lowest BCUT2D eigenvalue weighted by atomic mass is 9.98. The average Bonchev–Trinajstić information content (AvgIpc) is 2.86. The maximum atomic E-state index is 15.1. The van der Waals surface area contributed by atoms with E-state index in [2.05, 4.69) is 47.4 Å². The quantitative estimate of drug-likeness (QED) is 0.145. The van der Waals surface area contributed by atoms with Gasteiger partial charge < -0.3 is 4.74 Å². The van der Waals surface area contributed by atoms with Crippen LogP contribution in [0.4, 0.5) is 17.6 Å². The minimum atomic E-state index is -4.75. The van der Waals surface area contributed by atoms with Crippen LogP contribution in [0.5, 0.6) is 5.75 Å². The van der Waals surface area contributed by atoms with E-state index < -0.39 is 12.2 Å². The number of hydrogen-bond donors (Lipinski definition) is 0. The predicted molar refractivity (Wildman–Crippen MR) is 135 cm³/mol. The van der Waals surface area contributed by atoms with Gasteiger partial charge in [-0.25, -0.2) is 4.39 Å². The molecular formula is C31H24F4O. The van der Waals surface area contributed by atoms with E-state index in [1.807, 2.05) is 24.3 Å². The second-order valence-corrected chi connectivity index (χ2v) is 8.45. The second-order valence-electron chi connectivity index (χ2n) is 8.45. The number of allylic oxidation sites excluding steroid dienone is 1. The van der Waals surface area contributed by atoms with E-state index in [0.717, 1.165) is 36.6 Å². The summed E-state index contributed by atoms with van der Waals surface area (Å²) in [6.45, 7) is 3.76. The Labute approximate surface area is 208 Å². The molecule has 0 fully saturated rings. The Bertz CT molecular complexity index is 1410. The van der Waals surface area contributed by atoms with Crippen LogP contribution in [0.25, 0.3) is 10.8 Å². The molecule has 0 saturated carbocycles. The molecule has 0 heterocycles. The van der Waals surface area contributed by atoms with Gasteiger partial charge in [-0.15, -0.1) is 19.8 Å². The first-order valence-corrected chi connectivity index (χ1v) is 11.6. The maximum Gasteiger partial charge on any atom is 0.573 e. The maximum absolute atomic E-state index is 15.1. The van der Waals surface area contributed by atoms with Gasteiger partial charge >= 0.3 is 6.36 Å². The van der Waals surface area contributed by atoms with E-state index in [4.69, 9.17) is 0 Å². The molecule has 0 aromatic heterocycles. The smallest absolute Gasteiger partial charge is 0.406 e. The van der Waals surface area contributed by atoms with E-state index in [0.29, 0.717) is 10.9 Å². The fourth-order valence-corrected chi connectivity index (χ4v) is 3.90. The highest BCUT2D eigenvalue weighted by Gasteiger charge is 2.30. The number of alkyl halides is 3. The highest BCUT2D eigenvalue weighted by atomic mass is 19.4. The van der Waals surface area contributed by atoms with E-state index >= 15 is 4.39 Å². The van der Waals surface area contributed by atoms with Gasteiger partial charge in [0, 0.05) is 10.9 Å². The van der Waals surface area contributed by atoms with Crippen LogP contribution in [0.3, 0.4) is 0 Å². The van der Waals surface area contributed by atoms with Gasteiger partial charge in [0.1, 0.15) is 11.6 Å². The number of halogens is 4. The van der Waals surface area contributed by atoms with Crippen LogP contribution in [0, 0.1) is 17.7 Å². The Morgan fingerprint density at radius 1 is 0.750 bits per heavy atom. The number of ether oxygens (including phenoxy) is 1. The third-order valence-electron chi connectivity index (χ3n) is 5.81. The monoisotopic (exact) mass is 488 g/mol. The summed E-state index contributed by atoms with van der Waals surface area (Å²) >= 11 is 0. The standard InChI is InChI=1S/C31H24F4O/c1-2-3-4-22-5-7-23(8-6-22)9-10-25-14-20-29-27(21-25)17-16-26(30(29)32)15-11-24-12-18-28(19-13-24)36-31(33,34)35/h2,5-8,12-14,16-21H,1,3-4,9-10H2. The summed E-state index contributed by atoms with van der Waals surface area (Å²) in [5.74, 6) is 4.81. The van der Waals surface area contributed by atoms with Crippen LogP contribution in [0.1, 0.15) is 34.2 Å². The Morgan fingerprint density at radius 2 is 1.39 bits per heavy atom. The molecule has 0 radical (unpaired) electrons. The molecule has 36 heavy (non-hydrogen) atoms. The molecule has 0 unspecified atom stereocenters. The van der Waals surface area contributed by atoms with Crippen molar-refractivity contribution in [1.82, 2.24) is 0 Å².